The maximum Gasteiger partial charge on any atom is 0.307 e. The molecule has 0 rings (SSSR count). The molecule has 0 aromatic rings. The van der Waals surface area contributed by atoms with Crippen molar-refractivity contribution in [1.29, 1.82) is 0 Å². The van der Waals surface area contributed by atoms with E-state index >= 15 is 0 Å². The Morgan fingerprint density at radius 1 is 1.50 bits per heavy atom. The van der Waals surface area contributed by atoms with Crippen LogP contribution < -0.4 is 5.73 Å². The topological polar surface area (TPSA) is 52.3 Å². The summed E-state index contributed by atoms with van der Waals surface area (Å²) in [6.07, 6.45) is 0.303. The number of esters is 1. The molecule has 0 fully saturated rings. The summed E-state index contributed by atoms with van der Waals surface area (Å²) in [6.45, 7) is 5.86. The van der Waals surface area contributed by atoms with Crippen molar-refractivity contribution in [3.63, 3.8) is 0 Å². The predicted octanol–water partition coefficient (Wildman–Crippen LogP) is 0.677. The maximum atomic E-state index is 10.8. The van der Waals surface area contributed by atoms with E-state index in [1.165, 1.54) is 0 Å². The van der Waals surface area contributed by atoms with Crippen LogP contribution in [0, 0.1) is 0 Å². The lowest BCUT2D eigenvalue weighted by Crippen LogP contribution is -2.25. The van der Waals surface area contributed by atoms with Gasteiger partial charge in [-0.15, -0.1) is 0 Å². The molecule has 0 aromatic heterocycles. The standard InChI is InChI=1S/C7H15NO2/c1-7(2,3)10-6(9)4-5-8/h4-5,8H2,1-3H3/i8+1. The van der Waals surface area contributed by atoms with Crippen molar-refractivity contribution in [2.45, 2.75) is 32.8 Å². The lowest BCUT2D eigenvalue weighted by atomic mass is 10.2. The van der Waals surface area contributed by atoms with Gasteiger partial charge in [0.25, 0.3) is 0 Å². The summed E-state index contributed by atoms with van der Waals surface area (Å²) >= 11 is 0. The van der Waals surface area contributed by atoms with Gasteiger partial charge in [-0.25, -0.2) is 0 Å². The smallest absolute Gasteiger partial charge is 0.307 e. The Kier molecular flexibility index (Phi) is 3.36. The fourth-order valence-corrected chi connectivity index (χ4v) is 0.510. The Balaban J connectivity index is 3.58. The van der Waals surface area contributed by atoms with Crippen LogP contribution in [-0.2, 0) is 9.53 Å². The van der Waals surface area contributed by atoms with Crippen molar-refractivity contribution in [2.75, 3.05) is 6.54 Å². The molecule has 10 heavy (non-hydrogen) atoms. The van der Waals surface area contributed by atoms with Crippen LogP contribution in [-0.4, -0.2) is 18.1 Å². The highest BCUT2D eigenvalue weighted by atomic mass is 16.6. The first kappa shape index (κ1) is 9.43. The molecule has 0 amide bonds. The van der Waals surface area contributed by atoms with Gasteiger partial charge in [0.15, 0.2) is 0 Å². The summed E-state index contributed by atoms with van der Waals surface area (Å²) in [5, 5.41) is 0. The fourth-order valence-electron chi connectivity index (χ4n) is 0.510. The van der Waals surface area contributed by atoms with E-state index in [-0.39, 0.29) is 11.6 Å². The van der Waals surface area contributed by atoms with Gasteiger partial charge in [-0.1, -0.05) is 0 Å². The minimum absolute atomic E-state index is 0.227. The van der Waals surface area contributed by atoms with Gasteiger partial charge in [0.2, 0.25) is 0 Å². The third kappa shape index (κ3) is 5.56. The zero-order valence-corrected chi connectivity index (χ0v) is 6.81. The Labute approximate surface area is 61.5 Å². The minimum atomic E-state index is -0.383. The molecule has 0 radical (unpaired) electrons. The zero-order valence-electron chi connectivity index (χ0n) is 6.81. The summed E-state index contributed by atoms with van der Waals surface area (Å²) < 4.78 is 4.96. The second-order valence-corrected chi connectivity index (χ2v) is 3.13. The Bertz CT molecular complexity index is 115. The Hall–Kier alpha value is -0.570. The van der Waals surface area contributed by atoms with E-state index in [4.69, 9.17) is 10.5 Å². The first-order valence-corrected chi connectivity index (χ1v) is 3.37. The number of nitrogens with two attached hydrogens (primary N) is 1. The van der Waals surface area contributed by atoms with Gasteiger partial charge in [0.1, 0.15) is 5.60 Å². The van der Waals surface area contributed by atoms with Gasteiger partial charge in [0, 0.05) is 6.54 Å². The summed E-state index contributed by atoms with van der Waals surface area (Å²) in [6, 6.07) is 0. The summed E-state index contributed by atoms with van der Waals surface area (Å²) in [5.74, 6) is -0.227. The van der Waals surface area contributed by atoms with Crippen LogP contribution in [0.2, 0.25) is 0 Å². The molecule has 0 saturated heterocycles. The quantitative estimate of drug-likeness (QED) is 0.460. The second kappa shape index (κ2) is 3.56. The van der Waals surface area contributed by atoms with Crippen LogP contribution in [0.1, 0.15) is 27.2 Å². The molecule has 0 aliphatic heterocycles. The first-order valence-electron chi connectivity index (χ1n) is 3.37. The molecule has 0 bridgehead atoms. The number of hydrogen-bond acceptors (Lipinski definition) is 3. The minimum Gasteiger partial charge on any atom is -0.460 e. The molecular weight excluding hydrogens is 131 g/mol. The Morgan fingerprint density at radius 2 is 2.00 bits per heavy atom. The zero-order chi connectivity index (χ0) is 8.20. The summed E-state index contributed by atoms with van der Waals surface area (Å²) in [5.41, 5.74) is 4.76. The van der Waals surface area contributed by atoms with Crippen LogP contribution in [0.15, 0.2) is 0 Å². The maximum absolute atomic E-state index is 10.8. The summed E-state index contributed by atoms with van der Waals surface area (Å²) in [4.78, 5) is 10.8. The lowest BCUT2D eigenvalue weighted by Gasteiger charge is -2.18. The number of hydrogen-bond donors (Lipinski definition) is 1. The van der Waals surface area contributed by atoms with Gasteiger partial charge in [-0.3, -0.25) is 4.79 Å². The van der Waals surface area contributed by atoms with Gasteiger partial charge in [0.05, 0.1) is 6.42 Å². The van der Waals surface area contributed by atoms with Crippen LogP contribution in [0.3, 0.4) is 0 Å². The largest absolute Gasteiger partial charge is 0.460 e. The highest BCUT2D eigenvalue weighted by molar-refractivity contribution is 5.69. The molecule has 0 saturated carbocycles. The van der Waals surface area contributed by atoms with Crippen molar-refractivity contribution in [3.8, 4) is 0 Å². The summed E-state index contributed by atoms with van der Waals surface area (Å²) in [7, 11) is 0. The predicted molar refractivity (Wildman–Crippen MR) is 39.5 cm³/mol. The third-order valence-corrected chi connectivity index (χ3v) is 0.768. The first-order chi connectivity index (χ1) is 4.45. The molecular formula is C7H15NO2. The highest BCUT2D eigenvalue weighted by Gasteiger charge is 2.14. The highest BCUT2D eigenvalue weighted by Crippen LogP contribution is 2.07. The van der Waals surface area contributed by atoms with Crippen molar-refractivity contribution in [3.05, 3.63) is 0 Å². The van der Waals surface area contributed by atoms with Crippen LogP contribution in [0.4, 0.5) is 0 Å². The van der Waals surface area contributed by atoms with E-state index < -0.39 is 0 Å². The van der Waals surface area contributed by atoms with E-state index in [9.17, 15) is 4.79 Å². The number of carbonyl (C=O) groups excluding carboxylic acids is 1. The van der Waals surface area contributed by atoms with Crippen molar-refractivity contribution >= 4 is 5.97 Å². The van der Waals surface area contributed by atoms with Gasteiger partial charge < -0.3 is 10.5 Å². The molecule has 3 heteroatoms. The monoisotopic (exact) mass is 146 g/mol. The molecule has 0 spiro atoms. The van der Waals surface area contributed by atoms with E-state index in [1.54, 1.807) is 0 Å². The van der Waals surface area contributed by atoms with Gasteiger partial charge in [-0.2, -0.15) is 0 Å². The normalized spacial score (nSPS) is 11.2. The van der Waals surface area contributed by atoms with Crippen molar-refractivity contribution in [2.24, 2.45) is 5.73 Å². The van der Waals surface area contributed by atoms with Crippen LogP contribution in [0.25, 0.3) is 0 Å². The average Bonchev–Trinajstić information content (AvgIpc) is 1.59. The Morgan fingerprint density at radius 3 is 2.30 bits per heavy atom. The molecule has 2 N–H and O–H groups in total. The number of ether oxygens (including phenoxy) is 1. The molecule has 60 valence electrons. The fraction of sp³-hybridized carbons (Fsp3) is 0.857. The van der Waals surface area contributed by atoms with Crippen molar-refractivity contribution in [1.82, 2.24) is 0 Å². The average molecular weight is 146 g/mol. The molecule has 0 heterocycles. The molecule has 0 atom stereocenters. The van der Waals surface area contributed by atoms with Crippen LogP contribution >= 0.6 is 0 Å². The van der Waals surface area contributed by atoms with E-state index in [1.807, 2.05) is 20.8 Å². The van der Waals surface area contributed by atoms with Gasteiger partial charge >= 0.3 is 5.97 Å². The number of carbonyl (C=O) groups is 1. The lowest BCUT2D eigenvalue weighted by molar-refractivity contribution is -0.154. The van der Waals surface area contributed by atoms with Crippen molar-refractivity contribution < 1.29 is 9.53 Å². The molecule has 3 nitrogen and oxygen atoms in total. The SMILES string of the molecule is CC(C)(C)OC(=O)CC[15NH2]. The third-order valence-electron chi connectivity index (χ3n) is 0.768. The van der Waals surface area contributed by atoms with Gasteiger partial charge in [-0.05, 0) is 20.8 Å². The van der Waals surface area contributed by atoms with E-state index in [0.717, 1.165) is 0 Å². The molecule has 0 aromatic carbocycles. The van der Waals surface area contributed by atoms with E-state index in [0.29, 0.717) is 13.0 Å². The molecule has 0 unspecified atom stereocenters. The molecule has 0 aliphatic carbocycles. The molecule has 0 aliphatic rings. The van der Waals surface area contributed by atoms with Crippen LogP contribution in [0.5, 0.6) is 0 Å². The number of rotatable bonds is 2. The van der Waals surface area contributed by atoms with E-state index in [2.05, 4.69) is 0 Å². The second-order valence-electron chi connectivity index (χ2n) is 3.13.